The van der Waals surface area contributed by atoms with Gasteiger partial charge in [-0.05, 0) is 19.1 Å². The molecule has 0 spiro atoms. The van der Waals surface area contributed by atoms with Gasteiger partial charge in [0.15, 0.2) is 11.9 Å². The van der Waals surface area contributed by atoms with E-state index in [9.17, 15) is 0 Å². The highest BCUT2D eigenvalue weighted by atomic mass is 15.6. The van der Waals surface area contributed by atoms with Crippen molar-refractivity contribution in [3.8, 4) is 0 Å². The van der Waals surface area contributed by atoms with Crippen LogP contribution in [0.15, 0.2) is 48.5 Å². The molecule has 0 saturated carbocycles. The third-order valence-corrected chi connectivity index (χ3v) is 4.43. The van der Waals surface area contributed by atoms with E-state index in [4.69, 9.17) is 5.84 Å². The Morgan fingerprint density at radius 1 is 1.00 bits per heavy atom. The normalized spacial score (nSPS) is 25.5. The largest absolute Gasteiger partial charge is 0.252 e. The molecule has 0 saturated heterocycles. The number of nitrogens with zero attached hydrogens (tertiary/aromatic N) is 2. The fraction of sp³-hybridized carbons (Fsp3) is 0.250. The predicted molar refractivity (Wildman–Crippen MR) is 81.1 cm³/mol. The number of quaternary nitrogens is 1. The summed E-state index contributed by atoms with van der Waals surface area (Å²) < 4.78 is 0.722. The molecule has 1 unspecified atom stereocenters. The van der Waals surface area contributed by atoms with Crippen LogP contribution in [0.2, 0.25) is 0 Å². The van der Waals surface area contributed by atoms with Crippen LogP contribution in [-0.4, -0.2) is 13.2 Å². The number of anilines is 1. The average Bonchev–Trinajstić information content (AvgIpc) is 2.63. The summed E-state index contributed by atoms with van der Waals surface area (Å²) in [5, 5.41) is 1.88. The number of rotatable bonds is 1. The highest BCUT2D eigenvalue weighted by Gasteiger charge is 2.47. The molecule has 0 aliphatic carbocycles. The van der Waals surface area contributed by atoms with E-state index in [1.807, 2.05) is 11.1 Å². The van der Waals surface area contributed by atoms with Gasteiger partial charge < -0.3 is 0 Å². The van der Waals surface area contributed by atoms with E-state index in [-0.39, 0.29) is 6.17 Å². The zero-order valence-corrected chi connectivity index (χ0v) is 11.7. The van der Waals surface area contributed by atoms with Crippen LogP contribution in [0.4, 0.5) is 17.1 Å². The molecule has 2 aromatic carbocycles. The first kappa shape index (κ1) is 12.2. The number of nitrogens with two attached hydrogens (primary N) is 1. The molecule has 0 amide bonds. The molecule has 2 aromatic rings. The number of hydrogen-bond donors (Lipinski definition) is 1. The summed E-state index contributed by atoms with van der Waals surface area (Å²) in [6.07, 6.45) is 0.179. The molecule has 3 rings (SSSR count). The molecule has 1 aliphatic rings. The molecule has 19 heavy (non-hydrogen) atoms. The lowest BCUT2D eigenvalue weighted by atomic mass is 10.1. The van der Waals surface area contributed by atoms with Gasteiger partial charge in [0.05, 0.1) is 7.05 Å². The van der Waals surface area contributed by atoms with Crippen LogP contribution in [0, 0.1) is 6.92 Å². The Labute approximate surface area is 114 Å². The van der Waals surface area contributed by atoms with Gasteiger partial charge >= 0.3 is 0 Å². The standard InChI is InChI=1S/C16H20N3/c1-12-8-4-6-10-15(12)19(3)13(2)18(17)14-9-5-7-11-16(14)19/h4-11,13H,17H2,1-3H3/q+1/t13-,19?/m0/s1. The minimum Gasteiger partial charge on any atom is -0.252 e. The number of hydrazine groups is 1. The number of hydrogen-bond acceptors (Lipinski definition) is 2. The van der Waals surface area contributed by atoms with Gasteiger partial charge in [0.1, 0.15) is 11.4 Å². The third-order valence-electron chi connectivity index (χ3n) is 4.43. The Hall–Kier alpha value is -1.84. The van der Waals surface area contributed by atoms with Crippen molar-refractivity contribution in [1.82, 2.24) is 4.48 Å². The molecule has 1 heterocycles. The molecule has 0 bridgehead atoms. The van der Waals surface area contributed by atoms with Crippen molar-refractivity contribution < 1.29 is 0 Å². The second kappa shape index (κ2) is 4.08. The average molecular weight is 254 g/mol. The van der Waals surface area contributed by atoms with Crippen LogP contribution in [-0.2, 0) is 0 Å². The van der Waals surface area contributed by atoms with E-state index in [0.29, 0.717) is 0 Å². The summed E-state index contributed by atoms with van der Waals surface area (Å²) in [5.74, 6) is 6.27. The van der Waals surface area contributed by atoms with Gasteiger partial charge in [0, 0.05) is 18.6 Å². The summed E-state index contributed by atoms with van der Waals surface area (Å²) in [6, 6.07) is 16.9. The first-order valence-corrected chi connectivity index (χ1v) is 6.62. The topological polar surface area (TPSA) is 29.3 Å². The van der Waals surface area contributed by atoms with Crippen LogP contribution < -0.4 is 15.3 Å². The van der Waals surface area contributed by atoms with E-state index in [0.717, 1.165) is 10.2 Å². The minimum absolute atomic E-state index is 0.179. The Balaban J connectivity index is 2.27. The van der Waals surface area contributed by atoms with Gasteiger partial charge in [0.25, 0.3) is 0 Å². The van der Waals surface area contributed by atoms with Crippen molar-refractivity contribution in [2.24, 2.45) is 5.84 Å². The van der Waals surface area contributed by atoms with Crippen molar-refractivity contribution in [1.29, 1.82) is 0 Å². The van der Waals surface area contributed by atoms with Crippen molar-refractivity contribution in [3.05, 3.63) is 54.1 Å². The molecular weight excluding hydrogens is 234 g/mol. The molecule has 1 aliphatic heterocycles. The van der Waals surface area contributed by atoms with Crippen LogP contribution in [0.3, 0.4) is 0 Å². The molecule has 2 atom stereocenters. The van der Waals surface area contributed by atoms with Gasteiger partial charge in [-0.3, -0.25) is 5.01 Å². The SMILES string of the molecule is Cc1ccccc1[N+]1(C)c2ccccc2N(N)[C@@H]1C. The van der Waals surface area contributed by atoms with E-state index in [1.165, 1.54) is 16.9 Å². The van der Waals surface area contributed by atoms with Gasteiger partial charge in [-0.15, -0.1) is 0 Å². The molecule has 3 nitrogen and oxygen atoms in total. The number of aryl methyl sites for hydroxylation is 1. The summed E-state index contributed by atoms with van der Waals surface area (Å²) >= 11 is 0. The van der Waals surface area contributed by atoms with Crippen molar-refractivity contribution >= 4 is 17.1 Å². The van der Waals surface area contributed by atoms with Gasteiger partial charge in [-0.1, -0.05) is 30.3 Å². The maximum Gasteiger partial charge on any atom is 0.184 e. The fourth-order valence-corrected chi connectivity index (χ4v) is 3.14. The molecule has 0 radical (unpaired) electrons. The summed E-state index contributed by atoms with van der Waals surface area (Å²) in [7, 11) is 2.23. The maximum absolute atomic E-state index is 6.27. The first-order valence-electron chi connectivity index (χ1n) is 6.62. The number of para-hydroxylation sites is 3. The third kappa shape index (κ3) is 1.52. The quantitative estimate of drug-likeness (QED) is 0.625. The molecule has 3 heteroatoms. The number of fused-ring (bicyclic) bond motifs is 1. The van der Waals surface area contributed by atoms with Crippen molar-refractivity contribution in [3.63, 3.8) is 0 Å². The lowest BCUT2D eigenvalue weighted by Gasteiger charge is -2.35. The molecule has 0 fully saturated rings. The molecular formula is C16H20N3+. The van der Waals surface area contributed by atoms with Crippen molar-refractivity contribution in [2.75, 3.05) is 12.1 Å². The lowest BCUT2D eigenvalue weighted by molar-refractivity contribution is 0.372. The predicted octanol–water partition coefficient (Wildman–Crippen LogP) is 3.30. The Kier molecular flexibility index (Phi) is 2.62. The van der Waals surface area contributed by atoms with Gasteiger partial charge in [0.2, 0.25) is 0 Å². The van der Waals surface area contributed by atoms with Crippen molar-refractivity contribution in [2.45, 2.75) is 20.0 Å². The monoisotopic (exact) mass is 254 g/mol. The Bertz CT molecular complexity index is 623. The Morgan fingerprint density at radius 3 is 2.26 bits per heavy atom. The molecule has 98 valence electrons. The fourth-order valence-electron chi connectivity index (χ4n) is 3.14. The second-order valence-corrected chi connectivity index (χ2v) is 5.39. The van der Waals surface area contributed by atoms with Crippen LogP contribution in [0.5, 0.6) is 0 Å². The summed E-state index contributed by atoms with van der Waals surface area (Å²) in [5.41, 5.74) is 4.96. The second-order valence-electron chi connectivity index (χ2n) is 5.39. The summed E-state index contributed by atoms with van der Waals surface area (Å²) in [6.45, 7) is 4.33. The maximum atomic E-state index is 6.27. The highest BCUT2D eigenvalue weighted by Crippen LogP contribution is 2.48. The van der Waals surface area contributed by atoms with E-state index < -0.39 is 0 Å². The summed E-state index contributed by atoms with van der Waals surface area (Å²) in [4.78, 5) is 0. The van der Waals surface area contributed by atoms with Gasteiger partial charge in [-0.2, -0.15) is 0 Å². The smallest absolute Gasteiger partial charge is 0.184 e. The van der Waals surface area contributed by atoms with E-state index in [2.05, 4.69) is 63.4 Å². The lowest BCUT2D eigenvalue weighted by Crippen LogP contribution is -2.53. The Morgan fingerprint density at radius 2 is 1.58 bits per heavy atom. The van der Waals surface area contributed by atoms with Gasteiger partial charge in [-0.25, -0.2) is 10.3 Å². The molecule has 0 aromatic heterocycles. The van der Waals surface area contributed by atoms with E-state index in [1.54, 1.807) is 0 Å². The van der Waals surface area contributed by atoms with Crippen LogP contribution in [0.1, 0.15) is 12.5 Å². The zero-order chi connectivity index (χ0) is 13.6. The van der Waals surface area contributed by atoms with Crippen LogP contribution in [0.25, 0.3) is 0 Å². The van der Waals surface area contributed by atoms with E-state index >= 15 is 0 Å². The number of benzene rings is 2. The first-order chi connectivity index (χ1) is 9.06. The van der Waals surface area contributed by atoms with Crippen LogP contribution >= 0.6 is 0 Å². The highest BCUT2D eigenvalue weighted by molar-refractivity contribution is 5.79. The molecule has 2 N–H and O–H groups in total. The minimum atomic E-state index is 0.179. The zero-order valence-electron chi connectivity index (χ0n) is 11.7.